The fourth-order valence-electron chi connectivity index (χ4n) is 4.74. The second kappa shape index (κ2) is 12.3. The third-order valence-electron chi connectivity index (χ3n) is 6.65. The van der Waals surface area contributed by atoms with Crippen LogP contribution in [-0.2, 0) is 11.4 Å². The Hall–Kier alpha value is -3.95. The van der Waals surface area contributed by atoms with Gasteiger partial charge in [0.2, 0.25) is 5.91 Å². The minimum atomic E-state index is -0.498. The second-order valence-electron chi connectivity index (χ2n) is 9.41. The van der Waals surface area contributed by atoms with Crippen LogP contribution in [0.1, 0.15) is 30.7 Å². The van der Waals surface area contributed by atoms with Crippen molar-refractivity contribution in [3.63, 3.8) is 0 Å². The van der Waals surface area contributed by atoms with E-state index >= 15 is 0 Å². The van der Waals surface area contributed by atoms with Crippen molar-refractivity contribution in [2.75, 3.05) is 25.1 Å². The van der Waals surface area contributed by atoms with E-state index in [1.807, 2.05) is 49.4 Å². The van der Waals surface area contributed by atoms with Gasteiger partial charge in [0.05, 0.1) is 27.7 Å². The zero-order chi connectivity index (χ0) is 27.2. The highest BCUT2D eigenvalue weighted by Gasteiger charge is 2.27. The molecule has 1 saturated heterocycles. The average Bonchev–Trinajstić information content (AvgIpc) is 2.95. The predicted molar refractivity (Wildman–Crippen MR) is 150 cm³/mol. The lowest BCUT2D eigenvalue weighted by Gasteiger charge is -2.35. The third-order valence-corrected chi connectivity index (χ3v) is 6.95. The molecule has 9 nitrogen and oxygen atoms in total. The number of rotatable bonds is 9. The molecule has 2 aromatic carbocycles. The first-order chi connectivity index (χ1) is 19.0. The summed E-state index contributed by atoms with van der Waals surface area (Å²) in [5.74, 6) is 1.45. The number of likely N-dealkylation sites (tertiary alicyclic amines) is 1. The molecule has 3 heterocycles. The number of nitrogens with zero attached hydrogens (tertiary/aromatic N) is 4. The number of nitrogens with one attached hydrogen (secondary N) is 1. The maximum Gasteiger partial charge on any atom is 0.248 e. The number of pyridine rings is 1. The first-order valence-corrected chi connectivity index (χ1v) is 13.3. The lowest BCUT2D eigenvalue weighted by atomic mass is 10.0. The summed E-state index contributed by atoms with van der Waals surface area (Å²) in [5, 5.41) is 13.9. The largest absolute Gasteiger partial charge is 0.491 e. The number of piperidine rings is 1. The van der Waals surface area contributed by atoms with E-state index in [0.717, 1.165) is 41.7 Å². The minimum absolute atomic E-state index is 0.101. The number of carbonyl (C=O) groups is 1. The van der Waals surface area contributed by atoms with Gasteiger partial charge in [-0.05, 0) is 68.7 Å². The number of hydrogen-bond acceptors (Lipinski definition) is 8. The molecule has 202 valence electrons. The minimum Gasteiger partial charge on any atom is -0.491 e. The van der Waals surface area contributed by atoms with Crippen LogP contribution < -0.4 is 14.8 Å². The summed E-state index contributed by atoms with van der Waals surface area (Å²) < 4.78 is 12.1. The molecular formula is C29H30ClN5O4. The molecule has 5 rings (SSSR count). The van der Waals surface area contributed by atoms with E-state index in [4.69, 9.17) is 21.1 Å². The number of ether oxygens (including phenoxy) is 2. The number of aryl methyl sites for hydroxylation is 1. The summed E-state index contributed by atoms with van der Waals surface area (Å²) in [7, 11) is 0. The van der Waals surface area contributed by atoms with Gasteiger partial charge in [-0.3, -0.25) is 9.78 Å². The first-order valence-electron chi connectivity index (χ1n) is 12.9. The standard InChI is InChI=1S/C29H30ClN5O4/c1-19-6-4-7-21(33-19)16-38-25-12-11-20(14-23(25)30)34-29-28-24(31-18-32-29)9-5-10-26(28)39-17-22-8-2-3-13-35(22)27(37)15-36/h4-7,9-12,14,18,22,36H,2-3,8,13,15-17H2,1H3,(H,31,32,34). The molecule has 10 heteroatoms. The van der Waals surface area contributed by atoms with Gasteiger partial charge in [-0.1, -0.05) is 23.7 Å². The molecule has 1 aliphatic heterocycles. The molecule has 4 aromatic rings. The van der Waals surface area contributed by atoms with Crippen LogP contribution in [0.2, 0.25) is 5.02 Å². The SMILES string of the molecule is Cc1cccc(COc2ccc(Nc3ncnc4cccc(OCC5CCCCN5C(=O)CO)c34)cc2Cl)n1. The molecular weight excluding hydrogens is 518 g/mol. The van der Waals surface area contributed by atoms with Crippen LogP contribution in [0.4, 0.5) is 11.5 Å². The fraction of sp³-hybridized carbons (Fsp3) is 0.310. The monoisotopic (exact) mass is 547 g/mol. The number of aliphatic hydroxyl groups excluding tert-OH is 1. The van der Waals surface area contributed by atoms with Gasteiger partial charge in [-0.2, -0.15) is 0 Å². The molecule has 2 aromatic heterocycles. The molecule has 0 aliphatic carbocycles. The Morgan fingerprint density at radius 3 is 2.79 bits per heavy atom. The van der Waals surface area contributed by atoms with E-state index < -0.39 is 6.61 Å². The van der Waals surface area contributed by atoms with E-state index in [9.17, 15) is 9.90 Å². The van der Waals surface area contributed by atoms with Crippen molar-refractivity contribution < 1.29 is 19.4 Å². The van der Waals surface area contributed by atoms with Gasteiger partial charge in [0.1, 0.15) is 43.5 Å². The van der Waals surface area contributed by atoms with Gasteiger partial charge in [0, 0.05) is 17.9 Å². The number of benzene rings is 2. The van der Waals surface area contributed by atoms with Crippen molar-refractivity contribution in [3.8, 4) is 11.5 Å². The summed E-state index contributed by atoms with van der Waals surface area (Å²) in [6, 6.07) is 16.8. The Morgan fingerprint density at radius 1 is 1.10 bits per heavy atom. The molecule has 0 bridgehead atoms. The fourth-order valence-corrected chi connectivity index (χ4v) is 4.97. The summed E-state index contributed by atoms with van der Waals surface area (Å²) in [5.41, 5.74) is 3.19. The van der Waals surface area contributed by atoms with Crippen molar-refractivity contribution in [3.05, 3.63) is 77.3 Å². The first kappa shape index (κ1) is 26.6. The summed E-state index contributed by atoms with van der Waals surface area (Å²) in [6.45, 7) is 2.69. The highest BCUT2D eigenvalue weighted by Crippen LogP contribution is 2.34. The van der Waals surface area contributed by atoms with Crippen LogP contribution in [0.5, 0.6) is 11.5 Å². The second-order valence-corrected chi connectivity index (χ2v) is 9.81. The quantitative estimate of drug-likeness (QED) is 0.299. The lowest BCUT2D eigenvalue weighted by Crippen LogP contribution is -2.47. The Morgan fingerprint density at radius 2 is 1.97 bits per heavy atom. The molecule has 1 atom stereocenters. The molecule has 0 saturated carbocycles. The normalized spacial score (nSPS) is 15.3. The Labute approximate surface area is 231 Å². The summed E-state index contributed by atoms with van der Waals surface area (Å²) in [4.78, 5) is 27.2. The Kier molecular flexibility index (Phi) is 8.39. The van der Waals surface area contributed by atoms with E-state index in [-0.39, 0.29) is 11.9 Å². The number of fused-ring (bicyclic) bond motifs is 1. The molecule has 0 radical (unpaired) electrons. The van der Waals surface area contributed by atoms with E-state index in [2.05, 4.69) is 20.3 Å². The summed E-state index contributed by atoms with van der Waals surface area (Å²) >= 11 is 6.54. The number of carbonyl (C=O) groups excluding carboxylic acids is 1. The van der Waals surface area contributed by atoms with Gasteiger partial charge in [-0.25, -0.2) is 9.97 Å². The van der Waals surface area contributed by atoms with Gasteiger partial charge in [0.15, 0.2) is 0 Å². The number of amides is 1. The van der Waals surface area contributed by atoms with Crippen molar-refractivity contribution in [2.24, 2.45) is 0 Å². The van der Waals surface area contributed by atoms with Crippen LogP contribution >= 0.6 is 11.6 Å². The van der Waals surface area contributed by atoms with Crippen LogP contribution in [0.25, 0.3) is 10.9 Å². The average molecular weight is 548 g/mol. The number of anilines is 2. The molecule has 0 spiro atoms. The maximum atomic E-state index is 12.2. The third kappa shape index (κ3) is 6.38. The van der Waals surface area contributed by atoms with Crippen molar-refractivity contribution >= 4 is 39.9 Å². The molecule has 1 fully saturated rings. The van der Waals surface area contributed by atoms with E-state index in [1.165, 1.54) is 6.33 Å². The van der Waals surface area contributed by atoms with Crippen molar-refractivity contribution in [1.29, 1.82) is 0 Å². The Balaban J connectivity index is 1.33. The number of aliphatic hydroxyl groups is 1. The molecule has 2 N–H and O–H groups in total. The highest BCUT2D eigenvalue weighted by molar-refractivity contribution is 6.32. The van der Waals surface area contributed by atoms with E-state index in [0.29, 0.717) is 47.6 Å². The topological polar surface area (TPSA) is 110 Å². The smallest absolute Gasteiger partial charge is 0.248 e. The highest BCUT2D eigenvalue weighted by atomic mass is 35.5. The number of aromatic nitrogens is 3. The van der Waals surface area contributed by atoms with Crippen LogP contribution in [0, 0.1) is 6.92 Å². The van der Waals surface area contributed by atoms with Gasteiger partial charge < -0.3 is 24.8 Å². The van der Waals surface area contributed by atoms with Crippen molar-refractivity contribution in [1.82, 2.24) is 19.9 Å². The van der Waals surface area contributed by atoms with E-state index in [1.54, 1.807) is 17.0 Å². The lowest BCUT2D eigenvalue weighted by molar-refractivity contribution is -0.138. The zero-order valence-electron chi connectivity index (χ0n) is 21.6. The number of halogens is 1. The molecule has 1 aliphatic rings. The number of hydrogen-bond donors (Lipinski definition) is 2. The predicted octanol–water partition coefficient (Wildman–Crippen LogP) is 5.06. The van der Waals surface area contributed by atoms with Crippen LogP contribution in [-0.4, -0.2) is 56.7 Å². The Bertz CT molecular complexity index is 1460. The summed E-state index contributed by atoms with van der Waals surface area (Å²) in [6.07, 6.45) is 4.25. The molecule has 39 heavy (non-hydrogen) atoms. The van der Waals surface area contributed by atoms with Gasteiger partial charge >= 0.3 is 0 Å². The van der Waals surface area contributed by atoms with Crippen LogP contribution in [0.15, 0.2) is 60.9 Å². The molecule has 1 unspecified atom stereocenters. The van der Waals surface area contributed by atoms with Crippen LogP contribution in [0.3, 0.4) is 0 Å². The van der Waals surface area contributed by atoms with Gasteiger partial charge in [0.25, 0.3) is 0 Å². The van der Waals surface area contributed by atoms with Crippen molar-refractivity contribution in [2.45, 2.75) is 38.8 Å². The van der Waals surface area contributed by atoms with Gasteiger partial charge in [-0.15, -0.1) is 0 Å². The molecule has 1 amide bonds. The zero-order valence-corrected chi connectivity index (χ0v) is 22.4. The maximum absolute atomic E-state index is 12.2.